The molecule has 0 aliphatic heterocycles. The molecule has 90 valence electrons. The van der Waals surface area contributed by atoms with E-state index in [2.05, 4.69) is 0 Å². The van der Waals surface area contributed by atoms with Gasteiger partial charge in [0.2, 0.25) is 0 Å². The van der Waals surface area contributed by atoms with Crippen LogP contribution in [-0.4, -0.2) is 35.2 Å². The van der Waals surface area contributed by atoms with Crippen LogP contribution in [0.25, 0.3) is 0 Å². The summed E-state index contributed by atoms with van der Waals surface area (Å²) in [6.07, 6.45) is -0.339. The molecule has 0 rings (SSSR count). The second-order valence-electron chi connectivity index (χ2n) is 5.59. The average Bonchev–Trinajstić information content (AvgIpc) is 1.96. The highest BCUT2D eigenvalue weighted by Gasteiger charge is 2.30. The van der Waals surface area contributed by atoms with Crippen LogP contribution >= 0.6 is 0 Å². The van der Waals surface area contributed by atoms with Crippen LogP contribution in [0.5, 0.6) is 0 Å². The molecule has 0 saturated carbocycles. The van der Waals surface area contributed by atoms with Crippen molar-refractivity contribution in [1.82, 2.24) is 4.90 Å². The van der Waals surface area contributed by atoms with Gasteiger partial charge in [-0.25, -0.2) is 4.79 Å². The van der Waals surface area contributed by atoms with Crippen molar-refractivity contribution >= 4 is 6.09 Å². The first kappa shape index (κ1) is 14.2. The van der Waals surface area contributed by atoms with Crippen LogP contribution in [-0.2, 0) is 4.74 Å². The highest BCUT2D eigenvalue weighted by atomic mass is 16.6. The normalized spacial score (nSPS) is 14.7. The summed E-state index contributed by atoms with van der Waals surface area (Å²) in [4.78, 5) is 13.2. The molecule has 0 spiro atoms. The maximum absolute atomic E-state index is 11.7. The van der Waals surface area contributed by atoms with Crippen molar-refractivity contribution in [2.75, 3.05) is 7.05 Å². The van der Waals surface area contributed by atoms with Crippen LogP contribution in [0.3, 0.4) is 0 Å². The van der Waals surface area contributed by atoms with E-state index in [1.54, 1.807) is 7.05 Å². The Balaban J connectivity index is 4.46. The highest BCUT2D eigenvalue weighted by molar-refractivity contribution is 5.68. The zero-order valence-corrected chi connectivity index (χ0v) is 10.9. The third kappa shape index (κ3) is 5.02. The van der Waals surface area contributed by atoms with E-state index >= 15 is 0 Å². The molecule has 2 N–H and O–H groups in total. The monoisotopic (exact) mass is 216 g/mol. The first-order valence-electron chi connectivity index (χ1n) is 5.20. The third-order valence-corrected chi connectivity index (χ3v) is 2.34. The molecule has 0 aromatic carbocycles. The van der Waals surface area contributed by atoms with Crippen LogP contribution in [0, 0.1) is 0 Å². The number of nitrogens with zero attached hydrogens (tertiary/aromatic N) is 1. The van der Waals surface area contributed by atoms with Gasteiger partial charge in [-0.05, 0) is 41.5 Å². The molecule has 0 saturated heterocycles. The lowest BCUT2D eigenvalue weighted by Gasteiger charge is -2.35. The third-order valence-electron chi connectivity index (χ3n) is 2.34. The smallest absolute Gasteiger partial charge is 0.410 e. The first-order chi connectivity index (χ1) is 6.45. The molecule has 0 fully saturated rings. The summed E-state index contributed by atoms with van der Waals surface area (Å²) in [5.41, 5.74) is 5.02. The van der Waals surface area contributed by atoms with Gasteiger partial charge in [0.1, 0.15) is 5.60 Å². The van der Waals surface area contributed by atoms with Gasteiger partial charge in [-0.3, -0.25) is 0 Å². The van der Waals surface area contributed by atoms with Crippen molar-refractivity contribution in [3.8, 4) is 0 Å². The summed E-state index contributed by atoms with van der Waals surface area (Å²) < 4.78 is 5.25. The van der Waals surface area contributed by atoms with E-state index in [9.17, 15) is 4.79 Å². The number of likely N-dealkylation sites (N-methyl/N-ethyl adjacent to an activating group) is 1. The maximum atomic E-state index is 11.7. The molecule has 0 aromatic heterocycles. The molecule has 1 atom stereocenters. The summed E-state index contributed by atoms with van der Waals surface area (Å²) in [7, 11) is 1.70. The minimum atomic E-state index is -0.468. The second-order valence-corrected chi connectivity index (χ2v) is 5.59. The first-order valence-corrected chi connectivity index (χ1v) is 5.20. The summed E-state index contributed by atoms with van der Waals surface area (Å²) >= 11 is 0. The number of ether oxygens (including phenoxy) is 1. The Bertz CT molecular complexity index is 226. The van der Waals surface area contributed by atoms with Gasteiger partial charge < -0.3 is 15.4 Å². The number of amides is 1. The lowest BCUT2D eigenvalue weighted by atomic mass is 9.97. The van der Waals surface area contributed by atoms with Gasteiger partial charge in [0.05, 0.1) is 0 Å². The van der Waals surface area contributed by atoms with Gasteiger partial charge in [0.25, 0.3) is 0 Å². The number of hydrogen-bond donors (Lipinski definition) is 1. The lowest BCUT2D eigenvalue weighted by Crippen LogP contribution is -2.54. The van der Waals surface area contributed by atoms with Crippen LogP contribution in [0.2, 0.25) is 0 Å². The van der Waals surface area contributed by atoms with Gasteiger partial charge in [0.15, 0.2) is 0 Å². The van der Waals surface area contributed by atoms with Crippen LogP contribution < -0.4 is 5.73 Å². The Morgan fingerprint density at radius 1 is 1.27 bits per heavy atom. The standard InChI is InChI=1S/C11H24N2O2/c1-8(11(5,6)12)13(7)9(14)15-10(2,3)4/h8H,12H2,1-7H3. The van der Waals surface area contributed by atoms with Crippen molar-refractivity contribution in [3.05, 3.63) is 0 Å². The van der Waals surface area contributed by atoms with E-state index in [1.807, 2.05) is 41.5 Å². The fraction of sp³-hybridized carbons (Fsp3) is 0.909. The lowest BCUT2D eigenvalue weighted by molar-refractivity contribution is 0.0179. The Kier molecular flexibility index (Phi) is 4.17. The minimum absolute atomic E-state index is 0.0765. The number of rotatable bonds is 2. The summed E-state index contributed by atoms with van der Waals surface area (Å²) in [6.45, 7) is 11.2. The molecule has 0 aliphatic rings. The Morgan fingerprint density at radius 2 is 1.67 bits per heavy atom. The van der Waals surface area contributed by atoms with Gasteiger partial charge in [0, 0.05) is 18.6 Å². The summed E-state index contributed by atoms with van der Waals surface area (Å²) in [5.74, 6) is 0. The molecular weight excluding hydrogens is 192 g/mol. The zero-order chi connectivity index (χ0) is 12.4. The Hall–Kier alpha value is -0.770. The predicted molar refractivity (Wildman–Crippen MR) is 61.7 cm³/mol. The van der Waals surface area contributed by atoms with Crippen molar-refractivity contribution in [1.29, 1.82) is 0 Å². The van der Waals surface area contributed by atoms with Crippen molar-refractivity contribution in [3.63, 3.8) is 0 Å². The SMILES string of the molecule is CC(N(C)C(=O)OC(C)(C)C)C(C)(C)N. The fourth-order valence-electron chi connectivity index (χ4n) is 0.991. The molecule has 0 heterocycles. The van der Waals surface area contributed by atoms with Gasteiger partial charge in [-0.1, -0.05) is 0 Å². The largest absolute Gasteiger partial charge is 0.444 e. The van der Waals surface area contributed by atoms with Crippen LogP contribution in [0.1, 0.15) is 41.5 Å². The number of nitrogens with two attached hydrogens (primary N) is 1. The molecule has 0 aliphatic carbocycles. The topological polar surface area (TPSA) is 55.6 Å². The molecule has 4 heteroatoms. The van der Waals surface area contributed by atoms with Crippen molar-refractivity contribution in [2.45, 2.75) is 58.7 Å². The molecule has 0 radical (unpaired) electrons. The van der Waals surface area contributed by atoms with E-state index in [4.69, 9.17) is 10.5 Å². The Labute approximate surface area is 92.8 Å². The molecule has 0 aromatic rings. The minimum Gasteiger partial charge on any atom is -0.444 e. The molecular formula is C11H24N2O2. The van der Waals surface area contributed by atoms with Gasteiger partial charge >= 0.3 is 6.09 Å². The van der Waals surface area contributed by atoms with E-state index in [0.29, 0.717) is 0 Å². The summed E-state index contributed by atoms with van der Waals surface area (Å²) in [6, 6.07) is -0.0765. The molecule has 0 bridgehead atoms. The van der Waals surface area contributed by atoms with Crippen LogP contribution in [0.4, 0.5) is 4.79 Å². The zero-order valence-electron chi connectivity index (χ0n) is 10.9. The Morgan fingerprint density at radius 3 is 1.93 bits per heavy atom. The number of carbonyl (C=O) groups excluding carboxylic acids is 1. The average molecular weight is 216 g/mol. The van der Waals surface area contributed by atoms with E-state index in [0.717, 1.165) is 0 Å². The quantitative estimate of drug-likeness (QED) is 0.768. The van der Waals surface area contributed by atoms with Gasteiger partial charge in [-0.15, -0.1) is 0 Å². The maximum Gasteiger partial charge on any atom is 0.410 e. The van der Waals surface area contributed by atoms with E-state index < -0.39 is 11.1 Å². The molecule has 4 nitrogen and oxygen atoms in total. The predicted octanol–water partition coefficient (Wildman–Crippen LogP) is 1.98. The molecule has 1 unspecified atom stereocenters. The van der Waals surface area contributed by atoms with Crippen LogP contribution in [0.15, 0.2) is 0 Å². The van der Waals surface area contributed by atoms with E-state index in [-0.39, 0.29) is 12.1 Å². The molecule has 1 amide bonds. The second kappa shape index (κ2) is 4.39. The highest BCUT2D eigenvalue weighted by Crippen LogP contribution is 2.15. The van der Waals surface area contributed by atoms with Crippen molar-refractivity contribution < 1.29 is 9.53 Å². The molecule has 15 heavy (non-hydrogen) atoms. The number of hydrogen-bond acceptors (Lipinski definition) is 3. The number of carbonyl (C=O) groups is 1. The van der Waals surface area contributed by atoms with Gasteiger partial charge in [-0.2, -0.15) is 0 Å². The summed E-state index contributed by atoms with van der Waals surface area (Å²) in [5, 5.41) is 0. The van der Waals surface area contributed by atoms with E-state index in [1.165, 1.54) is 4.90 Å². The fourth-order valence-corrected chi connectivity index (χ4v) is 0.991. The van der Waals surface area contributed by atoms with Crippen molar-refractivity contribution in [2.24, 2.45) is 5.73 Å².